The average Bonchev–Trinajstić information content (AvgIpc) is 2.26. The van der Waals surface area contributed by atoms with Crippen molar-refractivity contribution < 1.29 is 14.6 Å². The molecule has 0 heterocycles. The number of carbonyl (C=O) groups excluding carboxylic acids is 1. The lowest BCUT2D eigenvalue weighted by molar-refractivity contribution is -0.131. The lowest BCUT2D eigenvalue weighted by Gasteiger charge is -2.08. The van der Waals surface area contributed by atoms with Gasteiger partial charge in [-0.3, -0.25) is 4.79 Å². The maximum atomic E-state index is 10.7. The number of aliphatic hydroxyl groups excluding tert-OH is 1. The Morgan fingerprint density at radius 3 is 2.69 bits per heavy atom. The molecule has 0 spiro atoms. The predicted molar refractivity (Wildman–Crippen MR) is 60.8 cm³/mol. The molecule has 0 saturated carbocycles. The summed E-state index contributed by atoms with van der Waals surface area (Å²) in [5, 5.41) is 19.9. The summed E-state index contributed by atoms with van der Waals surface area (Å²) in [6.45, 7) is 1.33. The van der Waals surface area contributed by atoms with Crippen LogP contribution in [0.3, 0.4) is 0 Å². The molecule has 1 atom stereocenters. The third-order valence-electron chi connectivity index (χ3n) is 1.83. The van der Waals surface area contributed by atoms with Crippen molar-refractivity contribution in [1.82, 2.24) is 0 Å². The molecular weight excluding hydrogens is 226 g/mol. The van der Waals surface area contributed by atoms with E-state index in [4.69, 9.17) is 10.00 Å². The number of aliphatic hydroxyl groups is 1. The molecule has 0 aromatic heterocycles. The fourth-order valence-electron chi connectivity index (χ4n) is 1.14. The van der Waals surface area contributed by atoms with Crippen LogP contribution < -0.4 is 4.74 Å². The van der Waals surface area contributed by atoms with E-state index >= 15 is 0 Å². The number of benzene rings is 1. The third-order valence-corrected chi connectivity index (χ3v) is 2.44. The molecule has 0 aliphatic rings. The van der Waals surface area contributed by atoms with Gasteiger partial charge in [0.05, 0.1) is 6.10 Å². The van der Waals surface area contributed by atoms with Gasteiger partial charge in [0.15, 0.2) is 0 Å². The first-order valence-electron chi connectivity index (χ1n) is 4.61. The summed E-state index contributed by atoms with van der Waals surface area (Å²) in [5.41, 5.74) is 0.693. The van der Waals surface area contributed by atoms with E-state index in [9.17, 15) is 9.90 Å². The first-order chi connectivity index (χ1) is 7.63. The Labute approximate surface area is 97.8 Å². The van der Waals surface area contributed by atoms with E-state index in [1.165, 1.54) is 6.92 Å². The predicted octanol–water partition coefficient (Wildman–Crippen LogP) is 1.86. The summed E-state index contributed by atoms with van der Waals surface area (Å²) in [6, 6.07) is 6.55. The summed E-state index contributed by atoms with van der Waals surface area (Å²) in [7, 11) is 0. The molecule has 0 amide bonds. The lowest BCUT2D eigenvalue weighted by Crippen LogP contribution is -2.03. The van der Waals surface area contributed by atoms with Crippen molar-refractivity contribution >= 4 is 17.7 Å². The summed E-state index contributed by atoms with van der Waals surface area (Å²) in [4.78, 5) is 10.7. The standard InChI is InChI=1S/C11H11NO3S/c1-8(13)15-10-4-2-9(3-5-10)11(14)6-16-7-12/h2-5,11,14H,6H2,1H3. The molecule has 0 saturated heterocycles. The highest BCUT2D eigenvalue weighted by atomic mass is 32.2. The Bertz CT molecular complexity index is 397. The van der Waals surface area contributed by atoms with E-state index in [2.05, 4.69) is 0 Å². The number of nitrogens with zero attached hydrogens (tertiary/aromatic N) is 1. The first kappa shape index (κ1) is 12.6. The Balaban J connectivity index is 2.64. The molecule has 0 radical (unpaired) electrons. The fraction of sp³-hybridized carbons (Fsp3) is 0.273. The maximum absolute atomic E-state index is 10.7. The molecule has 0 fully saturated rings. The second-order valence-corrected chi connectivity index (χ2v) is 3.89. The minimum atomic E-state index is -0.684. The summed E-state index contributed by atoms with van der Waals surface area (Å²) < 4.78 is 4.85. The number of nitriles is 1. The Hall–Kier alpha value is -1.51. The van der Waals surface area contributed by atoms with Crippen LogP contribution in [0.2, 0.25) is 0 Å². The zero-order valence-corrected chi connectivity index (χ0v) is 9.53. The first-order valence-corrected chi connectivity index (χ1v) is 5.59. The number of hydrogen-bond donors (Lipinski definition) is 1. The van der Waals surface area contributed by atoms with Crippen LogP contribution >= 0.6 is 11.8 Å². The van der Waals surface area contributed by atoms with Crippen molar-refractivity contribution in [2.24, 2.45) is 0 Å². The zero-order chi connectivity index (χ0) is 12.0. The smallest absolute Gasteiger partial charge is 0.308 e. The molecule has 0 aliphatic carbocycles. The van der Waals surface area contributed by atoms with Gasteiger partial charge in [-0.2, -0.15) is 5.26 Å². The minimum absolute atomic E-state index is 0.323. The minimum Gasteiger partial charge on any atom is -0.427 e. The average molecular weight is 237 g/mol. The van der Waals surface area contributed by atoms with Crippen LogP contribution in [0.1, 0.15) is 18.6 Å². The van der Waals surface area contributed by atoms with Crippen molar-refractivity contribution in [1.29, 1.82) is 5.26 Å². The highest BCUT2D eigenvalue weighted by Crippen LogP contribution is 2.20. The number of thiocyanates is 1. The Morgan fingerprint density at radius 1 is 1.56 bits per heavy atom. The fourth-order valence-corrected chi connectivity index (χ4v) is 1.56. The van der Waals surface area contributed by atoms with Gasteiger partial charge < -0.3 is 9.84 Å². The van der Waals surface area contributed by atoms with Gasteiger partial charge in [0.1, 0.15) is 11.2 Å². The number of rotatable bonds is 4. The van der Waals surface area contributed by atoms with Crippen molar-refractivity contribution in [2.75, 3.05) is 5.75 Å². The van der Waals surface area contributed by atoms with Gasteiger partial charge in [-0.15, -0.1) is 0 Å². The lowest BCUT2D eigenvalue weighted by atomic mass is 10.1. The third kappa shape index (κ3) is 3.93. The molecule has 1 unspecified atom stereocenters. The van der Waals surface area contributed by atoms with Crippen LogP contribution in [0.5, 0.6) is 5.75 Å². The van der Waals surface area contributed by atoms with Crippen molar-refractivity contribution in [3.8, 4) is 11.2 Å². The van der Waals surface area contributed by atoms with E-state index in [1.807, 2.05) is 5.40 Å². The number of carbonyl (C=O) groups is 1. The Kier molecular flexibility index (Phi) is 4.83. The van der Waals surface area contributed by atoms with Crippen molar-refractivity contribution in [3.05, 3.63) is 29.8 Å². The molecular formula is C11H11NO3S. The van der Waals surface area contributed by atoms with Crippen molar-refractivity contribution in [3.63, 3.8) is 0 Å². The van der Waals surface area contributed by atoms with Crippen LogP contribution in [-0.2, 0) is 4.79 Å². The SMILES string of the molecule is CC(=O)Oc1ccc(C(O)CSC#N)cc1. The highest BCUT2D eigenvalue weighted by molar-refractivity contribution is 8.03. The van der Waals surface area contributed by atoms with Gasteiger partial charge in [-0.25, -0.2) is 0 Å². The normalized spacial score (nSPS) is 11.6. The van der Waals surface area contributed by atoms with Gasteiger partial charge in [0, 0.05) is 12.7 Å². The molecule has 0 aliphatic heterocycles. The molecule has 84 valence electrons. The molecule has 1 aromatic rings. The van der Waals surface area contributed by atoms with E-state index < -0.39 is 6.10 Å². The zero-order valence-electron chi connectivity index (χ0n) is 8.71. The maximum Gasteiger partial charge on any atom is 0.308 e. The van der Waals surface area contributed by atoms with Crippen molar-refractivity contribution in [2.45, 2.75) is 13.0 Å². The monoisotopic (exact) mass is 237 g/mol. The number of ether oxygens (including phenoxy) is 1. The van der Waals surface area contributed by atoms with Gasteiger partial charge in [-0.05, 0) is 29.5 Å². The van der Waals surface area contributed by atoms with Gasteiger partial charge in [0.2, 0.25) is 0 Å². The molecule has 5 heteroatoms. The second kappa shape index (κ2) is 6.16. The highest BCUT2D eigenvalue weighted by Gasteiger charge is 2.07. The molecule has 4 nitrogen and oxygen atoms in total. The van der Waals surface area contributed by atoms with Crippen LogP contribution in [0.25, 0.3) is 0 Å². The van der Waals surface area contributed by atoms with E-state index in [0.717, 1.165) is 11.8 Å². The summed E-state index contributed by atoms with van der Waals surface area (Å²) >= 11 is 0.996. The number of esters is 1. The van der Waals surface area contributed by atoms with E-state index in [-0.39, 0.29) is 5.97 Å². The van der Waals surface area contributed by atoms with Gasteiger partial charge in [0.25, 0.3) is 0 Å². The van der Waals surface area contributed by atoms with Crippen LogP contribution in [0.4, 0.5) is 0 Å². The van der Waals surface area contributed by atoms with Crippen LogP contribution in [-0.4, -0.2) is 16.8 Å². The van der Waals surface area contributed by atoms with E-state index in [0.29, 0.717) is 17.1 Å². The number of hydrogen-bond acceptors (Lipinski definition) is 5. The molecule has 16 heavy (non-hydrogen) atoms. The van der Waals surface area contributed by atoms with Gasteiger partial charge >= 0.3 is 5.97 Å². The Morgan fingerprint density at radius 2 is 2.19 bits per heavy atom. The number of thioether (sulfide) groups is 1. The van der Waals surface area contributed by atoms with E-state index in [1.54, 1.807) is 24.3 Å². The molecule has 1 aromatic carbocycles. The van der Waals surface area contributed by atoms with Gasteiger partial charge in [-0.1, -0.05) is 12.1 Å². The molecule has 1 rings (SSSR count). The topological polar surface area (TPSA) is 70.3 Å². The second-order valence-electron chi connectivity index (χ2n) is 3.08. The largest absolute Gasteiger partial charge is 0.427 e. The van der Waals surface area contributed by atoms with Crippen LogP contribution in [0, 0.1) is 10.7 Å². The summed E-state index contributed by atoms with van der Waals surface area (Å²) in [6.07, 6.45) is -0.684. The summed E-state index contributed by atoms with van der Waals surface area (Å²) in [5.74, 6) is 0.383. The van der Waals surface area contributed by atoms with Crippen LogP contribution in [0.15, 0.2) is 24.3 Å². The molecule has 0 bridgehead atoms. The quantitative estimate of drug-likeness (QED) is 0.491. The molecule has 1 N–H and O–H groups in total.